The summed E-state index contributed by atoms with van der Waals surface area (Å²) in [5.74, 6) is -3.40. The van der Waals surface area contributed by atoms with Crippen molar-refractivity contribution in [1.29, 1.82) is 0 Å². The van der Waals surface area contributed by atoms with Crippen LogP contribution in [0.1, 0.15) is 54.4 Å². The molecule has 2 aliphatic rings. The van der Waals surface area contributed by atoms with E-state index in [1.165, 1.54) is 17.2 Å². The maximum absolute atomic E-state index is 14.8. The average Bonchev–Trinajstić information content (AvgIpc) is 3.44. The molecule has 2 N–H and O–H groups in total. The lowest BCUT2D eigenvalue weighted by Gasteiger charge is -2.33. The highest BCUT2D eigenvalue weighted by Gasteiger charge is 2.42. The maximum Gasteiger partial charge on any atom is 0.264 e. The summed E-state index contributed by atoms with van der Waals surface area (Å²) in [5.41, 5.74) is -1.52. The van der Waals surface area contributed by atoms with Crippen molar-refractivity contribution in [2.24, 2.45) is 0 Å². The van der Waals surface area contributed by atoms with Gasteiger partial charge in [0.1, 0.15) is 23.0 Å². The normalized spacial score (nSPS) is 19.7. The van der Waals surface area contributed by atoms with Gasteiger partial charge in [0.25, 0.3) is 6.43 Å². The molecule has 0 bridgehead atoms. The summed E-state index contributed by atoms with van der Waals surface area (Å²) in [5, 5.41) is 8.90. The topological polar surface area (TPSA) is 82.1 Å². The summed E-state index contributed by atoms with van der Waals surface area (Å²) in [4.78, 5) is 24.8. The Morgan fingerprint density at radius 3 is 2.67 bits per heavy atom. The van der Waals surface area contributed by atoms with Crippen LogP contribution in [0.4, 0.5) is 22.0 Å². The summed E-state index contributed by atoms with van der Waals surface area (Å²) in [6.07, 6.45) is 0.222. The van der Waals surface area contributed by atoms with Crippen molar-refractivity contribution < 1.29 is 31.9 Å². The monoisotopic (exact) mass is 524 g/mol. The number of aromatic amines is 1. The van der Waals surface area contributed by atoms with Gasteiger partial charge in [-0.25, -0.2) is 22.5 Å². The Hall–Kier alpha value is -3.31. The van der Waals surface area contributed by atoms with Crippen LogP contribution in [0.3, 0.4) is 0 Å². The molecule has 2 atom stereocenters. The van der Waals surface area contributed by atoms with Gasteiger partial charge in [-0.1, -0.05) is 17.7 Å². The van der Waals surface area contributed by atoms with E-state index < -0.39 is 54.2 Å². The van der Waals surface area contributed by atoms with Gasteiger partial charge in [-0.3, -0.25) is 9.78 Å². The Kier molecular flexibility index (Phi) is 6.29. The van der Waals surface area contributed by atoms with Crippen molar-refractivity contribution in [1.82, 2.24) is 19.9 Å². The van der Waals surface area contributed by atoms with E-state index in [1.807, 2.05) is 0 Å². The number of halogens is 6. The number of nitrogens with zero attached hydrogens (tertiary/aromatic N) is 3. The highest BCUT2D eigenvalue weighted by Crippen LogP contribution is 2.45. The number of carbonyl (C=O) groups excluding carboxylic acids is 1. The number of imidazole rings is 1. The second-order valence-electron chi connectivity index (χ2n) is 8.56. The van der Waals surface area contributed by atoms with Crippen LogP contribution in [-0.4, -0.2) is 36.9 Å². The number of aliphatic hydroxyl groups is 1. The average molecular weight is 525 g/mol. The van der Waals surface area contributed by atoms with E-state index in [9.17, 15) is 31.9 Å². The Labute approximate surface area is 206 Å². The van der Waals surface area contributed by atoms with Gasteiger partial charge in [-0.05, 0) is 37.0 Å². The van der Waals surface area contributed by atoms with Crippen LogP contribution < -0.4 is 0 Å². The fourth-order valence-corrected chi connectivity index (χ4v) is 5.12. The zero-order chi connectivity index (χ0) is 25.7. The molecule has 2 aromatic heterocycles. The minimum atomic E-state index is -2.97. The summed E-state index contributed by atoms with van der Waals surface area (Å²) in [6, 6.07) is 2.15. The highest BCUT2D eigenvalue weighted by atomic mass is 35.5. The fraction of sp³-hybridized carbons (Fsp3) is 0.292. The molecular weight excluding hydrogens is 507 g/mol. The molecule has 3 aromatic rings. The molecule has 0 aliphatic carbocycles. The minimum Gasteiger partial charge on any atom is -0.390 e. The quantitative estimate of drug-likeness (QED) is 0.432. The Morgan fingerprint density at radius 1 is 1.17 bits per heavy atom. The van der Waals surface area contributed by atoms with Crippen LogP contribution in [0.15, 0.2) is 30.5 Å². The van der Waals surface area contributed by atoms with Crippen molar-refractivity contribution in [3.05, 3.63) is 75.7 Å². The number of carbonyl (C=O) groups is 1. The summed E-state index contributed by atoms with van der Waals surface area (Å²) >= 11 is 5.82. The van der Waals surface area contributed by atoms with E-state index in [0.29, 0.717) is 12.8 Å². The zero-order valence-corrected chi connectivity index (χ0v) is 19.2. The van der Waals surface area contributed by atoms with Gasteiger partial charge in [0.2, 0.25) is 11.9 Å². The van der Waals surface area contributed by atoms with E-state index in [2.05, 4.69) is 15.0 Å². The molecule has 1 saturated heterocycles. The number of nitrogens with one attached hydrogen (secondary N) is 1. The number of amides is 1. The summed E-state index contributed by atoms with van der Waals surface area (Å²) in [7, 11) is 0. The largest absolute Gasteiger partial charge is 0.390 e. The molecule has 12 heteroatoms. The maximum atomic E-state index is 14.8. The number of aromatic nitrogens is 3. The van der Waals surface area contributed by atoms with E-state index in [-0.39, 0.29) is 45.4 Å². The number of hydrogen-bond acceptors (Lipinski definition) is 4. The number of rotatable bonds is 5. The van der Waals surface area contributed by atoms with E-state index in [4.69, 9.17) is 11.6 Å². The van der Waals surface area contributed by atoms with Crippen LogP contribution in [0, 0.1) is 17.6 Å². The first-order chi connectivity index (χ1) is 17.2. The molecule has 6 nitrogen and oxygen atoms in total. The predicted molar refractivity (Wildman–Crippen MR) is 119 cm³/mol. The first kappa shape index (κ1) is 24.4. The van der Waals surface area contributed by atoms with Gasteiger partial charge in [-0.2, -0.15) is 4.39 Å². The van der Waals surface area contributed by atoms with Crippen LogP contribution in [0.5, 0.6) is 0 Å². The zero-order valence-electron chi connectivity index (χ0n) is 18.4. The third-order valence-electron chi connectivity index (χ3n) is 6.57. The van der Waals surface area contributed by atoms with Crippen molar-refractivity contribution in [2.75, 3.05) is 0 Å². The van der Waals surface area contributed by atoms with Crippen molar-refractivity contribution in [2.45, 2.75) is 44.4 Å². The Balaban J connectivity index is 1.49. The molecule has 1 fully saturated rings. The molecular formula is C24H18ClF5N4O2. The van der Waals surface area contributed by atoms with Crippen molar-refractivity contribution in [3.63, 3.8) is 0 Å². The van der Waals surface area contributed by atoms with Gasteiger partial charge in [0.15, 0.2) is 5.82 Å². The van der Waals surface area contributed by atoms with E-state index in [1.54, 1.807) is 0 Å². The fourth-order valence-electron chi connectivity index (χ4n) is 4.97. The van der Waals surface area contributed by atoms with Gasteiger partial charge in [0, 0.05) is 35.0 Å². The molecule has 0 saturated carbocycles. The minimum absolute atomic E-state index is 0.0826. The highest BCUT2D eigenvalue weighted by molar-refractivity contribution is 6.31. The molecule has 0 unspecified atom stereocenters. The second-order valence-corrected chi connectivity index (χ2v) is 8.96. The number of fused-ring (bicyclic) bond motifs is 1. The first-order valence-electron chi connectivity index (χ1n) is 11.0. The smallest absolute Gasteiger partial charge is 0.264 e. The van der Waals surface area contributed by atoms with Crippen molar-refractivity contribution in [3.8, 4) is 11.3 Å². The molecule has 0 radical (unpaired) electrons. The molecule has 36 heavy (non-hydrogen) atoms. The lowest BCUT2D eigenvalue weighted by Crippen LogP contribution is -2.39. The van der Waals surface area contributed by atoms with Crippen LogP contribution in [0.2, 0.25) is 5.02 Å². The number of aliphatic hydroxyl groups excluding tert-OH is 1. The lowest BCUT2D eigenvalue weighted by molar-refractivity contribution is -0.129. The first-order valence-corrected chi connectivity index (χ1v) is 11.4. The Bertz CT molecular complexity index is 1390. The molecule has 2 aliphatic heterocycles. The summed E-state index contributed by atoms with van der Waals surface area (Å²) < 4.78 is 71.3. The molecule has 1 aromatic carbocycles. The summed E-state index contributed by atoms with van der Waals surface area (Å²) in [6.45, 7) is -0.677. The van der Waals surface area contributed by atoms with E-state index >= 15 is 0 Å². The lowest BCUT2D eigenvalue weighted by atomic mass is 9.90. The van der Waals surface area contributed by atoms with Gasteiger partial charge in [-0.15, -0.1) is 0 Å². The number of alkyl halides is 2. The van der Waals surface area contributed by atoms with Crippen LogP contribution in [0.25, 0.3) is 16.8 Å². The second kappa shape index (κ2) is 9.29. The number of pyridine rings is 1. The van der Waals surface area contributed by atoms with Gasteiger partial charge < -0.3 is 15.0 Å². The Morgan fingerprint density at radius 2 is 1.94 bits per heavy atom. The van der Waals surface area contributed by atoms with Crippen LogP contribution >= 0.6 is 11.6 Å². The number of benzene rings is 1. The van der Waals surface area contributed by atoms with Crippen LogP contribution in [-0.2, 0) is 11.4 Å². The van der Waals surface area contributed by atoms with Crippen molar-refractivity contribution >= 4 is 23.1 Å². The number of hydrogen-bond donors (Lipinski definition) is 2. The molecule has 4 heterocycles. The third-order valence-corrected chi connectivity index (χ3v) is 6.86. The van der Waals surface area contributed by atoms with Gasteiger partial charge in [0.05, 0.1) is 17.7 Å². The SMILES string of the molecule is O=C1C=C(c2c(C(F)F)ccc(Cl)c2F)C[C@H]2CC[C@@H](c3nc(F)c(-c4ccnc(CO)c4F)[nH]3)N12. The molecule has 1 amide bonds. The number of H-pyrrole nitrogens is 1. The third kappa shape index (κ3) is 3.96. The molecule has 0 spiro atoms. The standard InChI is InChI=1S/C24H18ClF5N4O2/c25-14-3-2-12(22(28)29)18(20(14)27)10-7-11-1-4-16(34(11)17(36)8-10)24-32-21(23(30)33-24)13-5-6-31-15(9-35)19(13)26/h2-3,5-6,8,11,16,22,35H,1,4,7,9H2,(H,32,33)/t11-,16+/m1/s1. The molecule has 188 valence electrons. The predicted octanol–water partition coefficient (Wildman–Crippen LogP) is 5.49. The van der Waals surface area contributed by atoms with E-state index in [0.717, 1.165) is 18.2 Å². The van der Waals surface area contributed by atoms with Gasteiger partial charge >= 0.3 is 0 Å². The molecule has 5 rings (SSSR count).